The van der Waals surface area contributed by atoms with E-state index < -0.39 is 0 Å². The SMILES string of the molecule is CO/N=C/c1cncc(C#Cc2cccc(F)c2)c1. The lowest BCUT2D eigenvalue weighted by molar-refractivity contribution is 0.215. The van der Waals surface area contributed by atoms with Crippen molar-refractivity contribution in [3.8, 4) is 11.8 Å². The molecule has 0 aliphatic carbocycles. The fourth-order valence-electron chi connectivity index (χ4n) is 1.42. The number of halogens is 1. The maximum atomic E-state index is 13.0. The van der Waals surface area contributed by atoms with Crippen molar-refractivity contribution in [2.24, 2.45) is 5.16 Å². The highest BCUT2D eigenvalue weighted by molar-refractivity contribution is 5.79. The molecule has 94 valence electrons. The lowest BCUT2D eigenvalue weighted by atomic mass is 10.2. The quantitative estimate of drug-likeness (QED) is 0.469. The zero-order valence-corrected chi connectivity index (χ0v) is 10.3. The Morgan fingerprint density at radius 1 is 1.21 bits per heavy atom. The van der Waals surface area contributed by atoms with Crippen LogP contribution in [0.15, 0.2) is 47.9 Å². The number of hydrogen-bond acceptors (Lipinski definition) is 3. The van der Waals surface area contributed by atoms with Crippen molar-refractivity contribution in [2.75, 3.05) is 7.11 Å². The van der Waals surface area contributed by atoms with Crippen LogP contribution >= 0.6 is 0 Å². The van der Waals surface area contributed by atoms with Gasteiger partial charge in [0.25, 0.3) is 0 Å². The van der Waals surface area contributed by atoms with Gasteiger partial charge in [0.1, 0.15) is 12.9 Å². The maximum absolute atomic E-state index is 13.0. The highest BCUT2D eigenvalue weighted by Crippen LogP contribution is 2.03. The van der Waals surface area contributed by atoms with E-state index in [0.717, 1.165) is 11.1 Å². The molecular weight excluding hydrogens is 243 g/mol. The van der Waals surface area contributed by atoms with Crippen molar-refractivity contribution < 1.29 is 9.23 Å². The van der Waals surface area contributed by atoms with Crippen LogP contribution in [0.5, 0.6) is 0 Å². The Morgan fingerprint density at radius 2 is 2.05 bits per heavy atom. The molecule has 0 amide bonds. The molecule has 3 nitrogen and oxygen atoms in total. The average molecular weight is 254 g/mol. The first-order valence-electron chi connectivity index (χ1n) is 5.57. The Hall–Kier alpha value is -2.67. The van der Waals surface area contributed by atoms with Gasteiger partial charge >= 0.3 is 0 Å². The van der Waals surface area contributed by atoms with E-state index in [0.29, 0.717) is 5.56 Å². The molecule has 0 N–H and O–H groups in total. The summed E-state index contributed by atoms with van der Waals surface area (Å²) in [6, 6.07) is 7.96. The van der Waals surface area contributed by atoms with Crippen molar-refractivity contribution in [3.63, 3.8) is 0 Å². The first kappa shape index (κ1) is 12.8. The number of hydrogen-bond donors (Lipinski definition) is 0. The number of nitrogens with zero attached hydrogens (tertiary/aromatic N) is 2. The summed E-state index contributed by atoms with van der Waals surface area (Å²) in [5.74, 6) is 5.50. The lowest BCUT2D eigenvalue weighted by Crippen LogP contribution is -1.87. The van der Waals surface area contributed by atoms with Gasteiger partial charge < -0.3 is 4.84 Å². The van der Waals surface area contributed by atoms with Crippen LogP contribution in [0.2, 0.25) is 0 Å². The van der Waals surface area contributed by atoms with Crippen LogP contribution in [0.3, 0.4) is 0 Å². The molecule has 0 spiro atoms. The van der Waals surface area contributed by atoms with Crippen LogP contribution in [0, 0.1) is 17.7 Å². The summed E-state index contributed by atoms with van der Waals surface area (Å²) in [5, 5.41) is 3.65. The van der Waals surface area contributed by atoms with Gasteiger partial charge in [-0.05, 0) is 24.3 Å². The zero-order chi connectivity index (χ0) is 13.5. The van der Waals surface area contributed by atoms with Crippen LogP contribution in [-0.2, 0) is 4.84 Å². The molecule has 0 radical (unpaired) electrons. The highest BCUT2D eigenvalue weighted by Gasteiger charge is 1.93. The molecule has 4 heteroatoms. The van der Waals surface area contributed by atoms with E-state index >= 15 is 0 Å². The summed E-state index contributed by atoms with van der Waals surface area (Å²) >= 11 is 0. The first-order valence-corrected chi connectivity index (χ1v) is 5.57. The second-order valence-electron chi connectivity index (χ2n) is 3.68. The van der Waals surface area contributed by atoms with Crippen molar-refractivity contribution in [1.29, 1.82) is 0 Å². The van der Waals surface area contributed by atoms with Gasteiger partial charge in [0.2, 0.25) is 0 Å². The molecule has 0 unspecified atom stereocenters. The van der Waals surface area contributed by atoms with Crippen molar-refractivity contribution >= 4 is 6.21 Å². The summed E-state index contributed by atoms with van der Waals surface area (Å²) in [6.45, 7) is 0. The monoisotopic (exact) mass is 254 g/mol. The van der Waals surface area contributed by atoms with E-state index in [4.69, 9.17) is 0 Å². The predicted octanol–water partition coefficient (Wildman–Crippen LogP) is 2.60. The third kappa shape index (κ3) is 3.93. The normalized spacial score (nSPS) is 10.0. The van der Waals surface area contributed by atoms with Gasteiger partial charge in [-0.3, -0.25) is 4.98 Å². The summed E-state index contributed by atoms with van der Waals surface area (Å²) in [5.41, 5.74) is 2.13. The van der Waals surface area contributed by atoms with Crippen LogP contribution in [0.25, 0.3) is 0 Å². The average Bonchev–Trinajstić information content (AvgIpc) is 2.43. The molecule has 0 atom stereocenters. The van der Waals surface area contributed by atoms with Gasteiger partial charge in [-0.2, -0.15) is 0 Å². The fraction of sp³-hybridized carbons (Fsp3) is 0.0667. The summed E-state index contributed by atoms with van der Waals surface area (Å²) in [4.78, 5) is 8.64. The molecular formula is C15H11FN2O. The Labute approximate surface area is 110 Å². The van der Waals surface area contributed by atoms with Crippen LogP contribution < -0.4 is 0 Å². The molecule has 1 aromatic heterocycles. The molecule has 0 fully saturated rings. The Balaban J connectivity index is 2.22. The topological polar surface area (TPSA) is 34.5 Å². The molecule has 0 saturated carbocycles. The van der Waals surface area contributed by atoms with E-state index in [1.807, 2.05) is 6.07 Å². The standard InChI is InChI=1S/C15H11FN2O/c1-19-18-11-14-7-13(9-17-10-14)6-5-12-3-2-4-15(16)8-12/h2-4,7-11H,1H3/b18-11+. The third-order valence-corrected chi connectivity index (χ3v) is 2.24. The van der Waals surface area contributed by atoms with Crippen molar-refractivity contribution in [3.05, 3.63) is 65.2 Å². The number of aromatic nitrogens is 1. The third-order valence-electron chi connectivity index (χ3n) is 2.24. The van der Waals surface area contributed by atoms with Crippen LogP contribution in [0.4, 0.5) is 4.39 Å². The molecule has 1 heterocycles. The molecule has 0 aliphatic rings. The van der Waals surface area contributed by atoms with Gasteiger partial charge in [0.15, 0.2) is 0 Å². The van der Waals surface area contributed by atoms with E-state index in [-0.39, 0.29) is 5.82 Å². The Kier molecular flexibility index (Phi) is 4.25. The van der Waals surface area contributed by atoms with Gasteiger partial charge in [-0.1, -0.05) is 23.1 Å². The van der Waals surface area contributed by atoms with E-state index in [9.17, 15) is 4.39 Å². The summed E-state index contributed by atoms with van der Waals surface area (Å²) in [6.07, 6.45) is 4.83. The smallest absolute Gasteiger partial charge is 0.124 e. The number of rotatable bonds is 2. The molecule has 2 rings (SSSR count). The lowest BCUT2D eigenvalue weighted by Gasteiger charge is -1.94. The van der Waals surface area contributed by atoms with E-state index in [2.05, 4.69) is 26.8 Å². The van der Waals surface area contributed by atoms with Gasteiger partial charge in [0.05, 0.1) is 6.21 Å². The highest BCUT2D eigenvalue weighted by atomic mass is 19.1. The minimum atomic E-state index is -0.300. The van der Waals surface area contributed by atoms with Gasteiger partial charge in [0, 0.05) is 29.1 Å². The van der Waals surface area contributed by atoms with E-state index in [1.165, 1.54) is 19.2 Å². The number of pyridine rings is 1. The summed E-state index contributed by atoms with van der Waals surface area (Å²) in [7, 11) is 1.47. The molecule has 0 aliphatic heterocycles. The van der Waals surface area contributed by atoms with E-state index in [1.54, 1.807) is 30.7 Å². The Morgan fingerprint density at radius 3 is 2.84 bits per heavy atom. The minimum absolute atomic E-state index is 0.300. The largest absolute Gasteiger partial charge is 0.399 e. The van der Waals surface area contributed by atoms with Crippen molar-refractivity contribution in [1.82, 2.24) is 4.98 Å². The Bertz CT molecular complexity index is 656. The minimum Gasteiger partial charge on any atom is -0.399 e. The first-order chi connectivity index (χ1) is 9.28. The van der Waals surface area contributed by atoms with Crippen molar-refractivity contribution in [2.45, 2.75) is 0 Å². The number of oxime groups is 1. The maximum Gasteiger partial charge on any atom is 0.124 e. The second kappa shape index (κ2) is 6.31. The molecule has 0 bridgehead atoms. The molecule has 2 aromatic rings. The number of benzene rings is 1. The van der Waals surface area contributed by atoms with Gasteiger partial charge in [-0.15, -0.1) is 0 Å². The van der Waals surface area contributed by atoms with Crippen LogP contribution in [-0.4, -0.2) is 18.3 Å². The van der Waals surface area contributed by atoms with Gasteiger partial charge in [-0.25, -0.2) is 4.39 Å². The summed E-state index contributed by atoms with van der Waals surface area (Å²) < 4.78 is 13.0. The fourth-order valence-corrected chi connectivity index (χ4v) is 1.42. The molecule has 1 aromatic carbocycles. The molecule has 19 heavy (non-hydrogen) atoms. The second-order valence-corrected chi connectivity index (χ2v) is 3.68. The predicted molar refractivity (Wildman–Crippen MR) is 71.2 cm³/mol. The zero-order valence-electron chi connectivity index (χ0n) is 10.3. The molecule has 0 saturated heterocycles. The van der Waals surface area contributed by atoms with Crippen LogP contribution in [0.1, 0.15) is 16.7 Å².